The van der Waals surface area contributed by atoms with Crippen molar-refractivity contribution in [2.45, 2.75) is 57.5 Å². The molecule has 0 amide bonds. The molecule has 104 valence electrons. The van der Waals surface area contributed by atoms with Crippen LogP contribution in [0.5, 0.6) is 0 Å². The van der Waals surface area contributed by atoms with E-state index in [-0.39, 0.29) is 11.6 Å². The minimum atomic E-state index is -2.16. The van der Waals surface area contributed by atoms with E-state index in [1.807, 2.05) is 6.92 Å². The molecule has 17 heavy (non-hydrogen) atoms. The molecule has 0 aliphatic rings. The molecule has 0 rings (SSSR count). The molecule has 0 aliphatic carbocycles. The van der Waals surface area contributed by atoms with Gasteiger partial charge in [-0.15, -0.1) is 9.24 Å². The molecular weight excluding hydrogens is 267 g/mol. The Morgan fingerprint density at radius 3 is 2.12 bits per heavy atom. The van der Waals surface area contributed by atoms with E-state index in [0.29, 0.717) is 6.61 Å². The highest BCUT2D eigenvalue weighted by molar-refractivity contribution is 7.26. The zero-order valence-electron chi connectivity index (χ0n) is 12.2. The molecule has 0 aromatic heterocycles. The highest BCUT2D eigenvalue weighted by atomic mass is 31.0. The molecule has 0 bridgehead atoms. The quantitative estimate of drug-likeness (QED) is 0.553. The monoisotopic (exact) mass is 296 g/mol. The lowest BCUT2D eigenvalue weighted by Crippen LogP contribution is -2.55. The lowest BCUT2D eigenvalue weighted by Gasteiger charge is -2.43. The van der Waals surface area contributed by atoms with Crippen molar-refractivity contribution in [1.29, 1.82) is 0 Å². The maximum atomic E-state index is 8.97. The summed E-state index contributed by atoms with van der Waals surface area (Å²) in [4.78, 5) is -0.168. The molecule has 0 aliphatic heterocycles. The first-order valence-electron chi connectivity index (χ1n) is 6.32. The molecule has 3 nitrogen and oxygen atoms in total. The lowest BCUT2D eigenvalue weighted by atomic mass is 10.5. The lowest BCUT2D eigenvalue weighted by molar-refractivity contribution is 0.145. The van der Waals surface area contributed by atoms with E-state index in [0.717, 1.165) is 12.5 Å². The second kappa shape index (κ2) is 6.78. The topological polar surface area (TPSA) is 38.7 Å². The van der Waals surface area contributed by atoms with Crippen molar-refractivity contribution in [3.05, 3.63) is 0 Å². The van der Waals surface area contributed by atoms with Crippen LogP contribution in [-0.4, -0.2) is 39.9 Å². The van der Waals surface area contributed by atoms with Gasteiger partial charge in [-0.1, -0.05) is 19.6 Å². The van der Waals surface area contributed by atoms with E-state index >= 15 is 0 Å². The fourth-order valence-corrected chi connectivity index (χ4v) is 6.69. The third-order valence-electron chi connectivity index (χ3n) is 3.16. The van der Waals surface area contributed by atoms with Gasteiger partial charge in [0.1, 0.15) is 0 Å². The van der Waals surface area contributed by atoms with E-state index < -0.39 is 16.6 Å². The van der Waals surface area contributed by atoms with E-state index in [1.165, 1.54) is 0 Å². The van der Waals surface area contributed by atoms with Crippen molar-refractivity contribution < 1.29 is 14.0 Å². The van der Waals surface area contributed by atoms with Gasteiger partial charge in [-0.2, -0.15) is 0 Å². The first-order chi connectivity index (χ1) is 7.58. The summed E-state index contributed by atoms with van der Waals surface area (Å²) in [5.74, 6) is 0. The summed E-state index contributed by atoms with van der Waals surface area (Å²) in [5.41, 5.74) is 0. The molecule has 0 aromatic rings. The van der Waals surface area contributed by atoms with Gasteiger partial charge < -0.3 is 14.0 Å². The van der Waals surface area contributed by atoms with Gasteiger partial charge in [-0.3, -0.25) is 0 Å². The standard InChI is InChI=1S/C11H29O3PSi2/c1-7-13-17(6,10-8-9-12)14-11(2,15)16(3,4)5/h12H,7-10,15H2,1-6H3. The average Bonchev–Trinajstić information content (AvgIpc) is 2.12. The molecule has 0 saturated carbocycles. The fraction of sp³-hybridized carbons (Fsp3) is 1.00. The number of hydrogen-bond acceptors (Lipinski definition) is 3. The molecule has 1 N–H and O–H groups in total. The van der Waals surface area contributed by atoms with Crippen LogP contribution in [0.3, 0.4) is 0 Å². The van der Waals surface area contributed by atoms with Crippen molar-refractivity contribution >= 4 is 25.9 Å². The van der Waals surface area contributed by atoms with Crippen LogP contribution in [0.2, 0.25) is 32.2 Å². The smallest absolute Gasteiger partial charge is 0.335 e. The van der Waals surface area contributed by atoms with Gasteiger partial charge in [0.15, 0.2) is 0 Å². The second-order valence-electron chi connectivity index (χ2n) is 5.85. The summed E-state index contributed by atoms with van der Waals surface area (Å²) in [6.07, 6.45) is 0.759. The van der Waals surface area contributed by atoms with Gasteiger partial charge in [-0.05, 0) is 32.9 Å². The van der Waals surface area contributed by atoms with Crippen LogP contribution < -0.4 is 0 Å². The third kappa shape index (κ3) is 5.94. The molecule has 0 aromatic carbocycles. The van der Waals surface area contributed by atoms with Crippen LogP contribution in [0, 0.1) is 0 Å². The zero-order chi connectivity index (χ0) is 13.7. The molecule has 6 heteroatoms. The Bertz CT molecular complexity index is 231. The Balaban J connectivity index is 4.74. The first-order valence-corrected chi connectivity index (χ1v) is 12.9. The van der Waals surface area contributed by atoms with Crippen LogP contribution in [-0.2, 0) is 8.85 Å². The number of hydrogen-bond donors (Lipinski definition) is 1. The summed E-state index contributed by atoms with van der Waals surface area (Å²) < 4.78 is 12.2. The minimum absolute atomic E-state index is 0.168. The third-order valence-corrected chi connectivity index (χ3v) is 12.4. The SMILES string of the molecule is CCO[Si](C)(CCCO)OC(C)(P)[Si](C)(C)C. The maximum Gasteiger partial charge on any atom is 0.335 e. The van der Waals surface area contributed by atoms with Gasteiger partial charge in [0, 0.05) is 13.2 Å². The van der Waals surface area contributed by atoms with Crippen LogP contribution in [0.4, 0.5) is 0 Å². The second-order valence-corrected chi connectivity index (χ2v) is 16.3. The van der Waals surface area contributed by atoms with Crippen molar-refractivity contribution in [2.24, 2.45) is 0 Å². The van der Waals surface area contributed by atoms with Crippen molar-refractivity contribution in [1.82, 2.24) is 0 Å². The van der Waals surface area contributed by atoms with Crippen LogP contribution in [0.15, 0.2) is 0 Å². The predicted molar refractivity (Wildman–Crippen MR) is 82.3 cm³/mol. The van der Waals surface area contributed by atoms with E-state index in [1.54, 1.807) is 0 Å². The fourth-order valence-electron chi connectivity index (χ4n) is 1.46. The maximum absolute atomic E-state index is 8.97. The van der Waals surface area contributed by atoms with E-state index in [9.17, 15) is 0 Å². The molecule has 3 unspecified atom stereocenters. The summed E-state index contributed by atoms with van der Waals surface area (Å²) in [7, 11) is -0.720. The number of aliphatic hydroxyl groups excluding tert-OH is 1. The van der Waals surface area contributed by atoms with E-state index in [4.69, 9.17) is 14.0 Å². The van der Waals surface area contributed by atoms with E-state index in [2.05, 4.69) is 42.4 Å². The van der Waals surface area contributed by atoms with Gasteiger partial charge in [0.2, 0.25) is 0 Å². The van der Waals surface area contributed by atoms with Gasteiger partial charge in [0.05, 0.1) is 13.0 Å². The largest absolute Gasteiger partial charge is 0.396 e. The van der Waals surface area contributed by atoms with Gasteiger partial charge in [-0.25, -0.2) is 0 Å². The molecule has 0 radical (unpaired) electrons. The highest BCUT2D eigenvalue weighted by Gasteiger charge is 2.44. The minimum Gasteiger partial charge on any atom is -0.396 e. The summed E-state index contributed by atoms with van der Waals surface area (Å²) in [6.45, 7) is 14.0. The Labute approximate surface area is 111 Å². The van der Waals surface area contributed by atoms with Crippen LogP contribution >= 0.6 is 9.24 Å². The predicted octanol–water partition coefficient (Wildman–Crippen LogP) is 2.96. The molecule has 0 heterocycles. The molecule has 0 spiro atoms. The number of rotatable bonds is 8. The molecular formula is C11H29O3PSi2. The summed E-state index contributed by atoms with van der Waals surface area (Å²) in [5, 5.41) is 8.97. The van der Waals surface area contributed by atoms with Crippen molar-refractivity contribution in [3.8, 4) is 0 Å². The summed E-state index contributed by atoms with van der Waals surface area (Å²) in [6, 6.07) is 0.853. The Morgan fingerprint density at radius 2 is 1.76 bits per heavy atom. The number of aliphatic hydroxyl groups is 1. The Hall–Kier alpha value is 0.744. The summed E-state index contributed by atoms with van der Waals surface area (Å²) >= 11 is 0. The highest BCUT2D eigenvalue weighted by Crippen LogP contribution is 2.35. The average molecular weight is 296 g/mol. The molecule has 3 atom stereocenters. The first kappa shape index (κ1) is 17.7. The normalized spacial score (nSPS) is 19.8. The van der Waals surface area contributed by atoms with Crippen molar-refractivity contribution in [3.63, 3.8) is 0 Å². The van der Waals surface area contributed by atoms with Gasteiger partial charge >= 0.3 is 8.56 Å². The molecule has 0 fully saturated rings. The van der Waals surface area contributed by atoms with Crippen LogP contribution in [0.25, 0.3) is 0 Å². The van der Waals surface area contributed by atoms with Crippen molar-refractivity contribution in [2.75, 3.05) is 13.2 Å². The zero-order valence-corrected chi connectivity index (χ0v) is 15.3. The van der Waals surface area contributed by atoms with Crippen LogP contribution in [0.1, 0.15) is 20.3 Å². The molecule has 0 saturated heterocycles. The van der Waals surface area contributed by atoms with Gasteiger partial charge in [0.25, 0.3) is 0 Å². The Kier molecular flexibility index (Phi) is 7.08. The Morgan fingerprint density at radius 1 is 1.24 bits per heavy atom.